The van der Waals surface area contributed by atoms with E-state index in [0.717, 1.165) is 11.6 Å². The molecule has 0 aliphatic rings. The Morgan fingerprint density at radius 1 is 0.947 bits per heavy atom. The summed E-state index contributed by atoms with van der Waals surface area (Å²) < 4.78 is 57.0. The van der Waals surface area contributed by atoms with Crippen LogP contribution in [0.25, 0.3) is 10.9 Å². The number of alkyl halides is 3. The number of pyridine rings is 1. The first kappa shape index (κ1) is 26.8. The summed E-state index contributed by atoms with van der Waals surface area (Å²) in [6.45, 7) is 6.02. The van der Waals surface area contributed by atoms with E-state index in [-0.39, 0.29) is 22.9 Å². The molecule has 6 nitrogen and oxygen atoms in total. The summed E-state index contributed by atoms with van der Waals surface area (Å²) in [5.41, 5.74) is 2.92. The number of carbonyl (C=O) groups excluding carboxylic acids is 1. The van der Waals surface area contributed by atoms with Crippen molar-refractivity contribution >= 4 is 22.8 Å². The number of amides is 1. The van der Waals surface area contributed by atoms with Crippen LogP contribution in [0.15, 0.2) is 67.0 Å². The number of carboxylic acid groups (broad SMARTS) is 1. The lowest BCUT2D eigenvalue weighted by atomic mass is 9.80. The van der Waals surface area contributed by atoms with Crippen molar-refractivity contribution in [2.75, 3.05) is 0 Å². The average molecular weight is 528 g/mol. The topological polar surface area (TPSA) is 98.2 Å². The van der Waals surface area contributed by atoms with E-state index in [9.17, 15) is 32.3 Å². The van der Waals surface area contributed by atoms with Crippen molar-refractivity contribution in [3.05, 3.63) is 101 Å². The zero-order chi connectivity index (χ0) is 28.0. The van der Waals surface area contributed by atoms with E-state index in [4.69, 9.17) is 5.73 Å². The average Bonchev–Trinajstić information content (AvgIpc) is 3.25. The monoisotopic (exact) mass is 527 g/mol. The Morgan fingerprint density at radius 2 is 1.58 bits per heavy atom. The predicted octanol–water partition coefficient (Wildman–Crippen LogP) is 5.66. The van der Waals surface area contributed by atoms with E-state index >= 15 is 0 Å². The quantitative estimate of drug-likeness (QED) is 0.316. The number of rotatable bonds is 6. The van der Waals surface area contributed by atoms with Crippen LogP contribution in [0, 0.1) is 5.82 Å². The lowest BCUT2D eigenvalue weighted by Gasteiger charge is -2.35. The van der Waals surface area contributed by atoms with Gasteiger partial charge in [0, 0.05) is 24.2 Å². The molecule has 0 spiro atoms. The molecule has 0 bridgehead atoms. The smallest absolute Gasteiger partial charge is 0.416 e. The molecule has 4 rings (SSSR count). The maximum absolute atomic E-state index is 14.7. The SMILES string of the molecule is CC(C)(C)c1ccc(CC(C(N)=O)(c2cc(F)cc(C(F)(F)F)c2)n2ccc3ccnc(C(=O)O)c32)cc1. The Hall–Kier alpha value is -4.21. The van der Waals surface area contributed by atoms with Crippen molar-refractivity contribution in [1.82, 2.24) is 9.55 Å². The van der Waals surface area contributed by atoms with Crippen molar-refractivity contribution in [2.45, 2.75) is 44.3 Å². The van der Waals surface area contributed by atoms with E-state index in [0.29, 0.717) is 23.1 Å². The first-order valence-electron chi connectivity index (χ1n) is 11.6. The molecule has 4 aromatic rings. The molecule has 0 radical (unpaired) electrons. The third kappa shape index (κ3) is 4.73. The molecule has 2 aromatic carbocycles. The standard InChI is InChI=1S/C28H25F4N3O3/c1-26(2,3)18-6-4-16(5-7-18)15-27(25(33)38,19-12-20(28(30,31)32)14-21(29)13-19)35-11-9-17-8-10-34-22(23(17)35)24(36)37/h4-14H,15H2,1-3H3,(H2,33,38)(H,36,37). The number of carboxylic acids is 1. The number of nitrogens with zero attached hydrogens (tertiary/aromatic N) is 2. The minimum Gasteiger partial charge on any atom is -0.476 e. The Kier molecular flexibility index (Phi) is 6.55. The first-order valence-corrected chi connectivity index (χ1v) is 11.6. The number of halogens is 4. The molecular weight excluding hydrogens is 502 g/mol. The minimum atomic E-state index is -4.92. The Morgan fingerprint density at radius 3 is 2.13 bits per heavy atom. The Balaban J connectivity index is 2.07. The van der Waals surface area contributed by atoms with Gasteiger partial charge in [-0.3, -0.25) is 4.79 Å². The molecule has 198 valence electrons. The van der Waals surface area contributed by atoms with Crippen LogP contribution in [0.2, 0.25) is 0 Å². The van der Waals surface area contributed by atoms with Gasteiger partial charge in [-0.05, 0) is 52.4 Å². The molecule has 0 fully saturated rings. The minimum absolute atomic E-state index is 0.0390. The number of hydrogen-bond donors (Lipinski definition) is 2. The number of aromatic nitrogens is 2. The summed E-state index contributed by atoms with van der Waals surface area (Å²) in [7, 11) is 0. The Bertz CT molecular complexity index is 1540. The predicted molar refractivity (Wildman–Crippen MR) is 133 cm³/mol. The van der Waals surface area contributed by atoms with E-state index < -0.39 is 40.7 Å². The number of primary amides is 1. The fourth-order valence-electron chi connectivity index (χ4n) is 4.65. The van der Waals surface area contributed by atoms with Gasteiger partial charge in [-0.15, -0.1) is 0 Å². The van der Waals surface area contributed by atoms with E-state index in [2.05, 4.69) is 4.98 Å². The fourth-order valence-corrected chi connectivity index (χ4v) is 4.65. The molecule has 38 heavy (non-hydrogen) atoms. The van der Waals surface area contributed by atoms with Gasteiger partial charge in [-0.1, -0.05) is 45.0 Å². The highest BCUT2D eigenvalue weighted by Gasteiger charge is 2.44. The number of hydrogen-bond acceptors (Lipinski definition) is 3. The lowest BCUT2D eigenvalue weighted by Crippen LogP contribution is -2.49. The van der Waals surface area contributed by atoms with Crippen LogP contribution < -0.4 is 5.73 Å². The highest BCUT2D eigenvalue weighted by molar-refractivity contribution is 6.01. The molecule has 2 heterocycles. The summed E-state index contributed by atoms with van der Waals surface area (Å²) in [5.74, 6) is -3.75. The highest BCUT2D eigenvalue weighted by atomic mass is 19.4. The molecule has 0 aliphatic carbocycles. The molecule has 0 aliphatic heterocycles. The molecule has 1 unspecified atom stereocenters. The summed E-state index contributed by atoms with van der Waals surface area (Å²) in [4.78, 5) is 29.3. The van der Waals surface area contributed by atoms with Gasteiger partial charge < -0.3 is 15.4 Å². The maximum atomic E-state index is 14.7. The highest BCUT2D eigenvalue weighted by Crippen LogP contribution is 2.39. The van der Waals surface area contributed by atoms with E-state index in [1.54, 1.807) is 12.1 Å². The van der Waals surface area contributed by atoms with Gasteiger partial charge in [0.05, 0.1) is 11.1 Å². The number of fused-ring (bicyclic) bond motifs is 1. The summed E-state index contributed by atoms with van der Waals surface area (Å²) in [5, 5.41) is 10.2. The molecule has 0 saturated heterocycles. The van der Waals surface area contributed by atoms with Gasteiger partial charge in [0.2, 0.25) is 5.91 Å². The zero-order valence-electron chi connectivity index (χ0n) is 20.8. The van der Waals surface area contributed by atoms with Crippen LogP contribution in [0.5, 0.6) is 0 Å². The van der Waals surface area contributed by atoms with E-state index in [1.807, 2.05) is 32.9 Å². The fraction of sp³-hybridized carbons (Fsp3) is 0.250. The van der Waals surface area contributed by atoms with Crippen LogP contribution in [0.1, 0.15) is 53.5 Å². The molecule has 2 aromatic heterocycles. The normalized spacial score (nSPS) is 13.9. The first-order chi connectivity index (χ1) is 17.6. The van der Waals surface area contributed by atoms with Crippen molar-refractivity contribution in [2.24, 2.45) is 5.73 Å². The van der Waals surface area contributed by atoms with Crippen LogP contribution >= 0.6 is 0 Å². The number of aromatic carboxylic acids is 1. The van der Waals surface area contributed by atoms with Crippen molar-refractivity contribution in [1.29, 1.82) is 0 Å². The van der Waals surface area contributed by atoms with Crippen LogP contribution in [0.3, 0.4) is 0 Å². The van der Waals surface area contributed by atoms with Crippen LogP contribution in [-0.2, 0) is 28.3 Å². The summed E-state index contributed by atoms with van der Waals surface area (Å²) >= 11 is 0. The van der Waals surface area contributed by atoms with Crippen molar-refractivity contribution < 1.29 is 32.3 Å². The van der Waals surface area contributed by atoms with Crippen LogP contribution in [0.4, 0.5) is 17.6 Å². The Labute approximate surface area is 215 Å². The van der Waals surface area contributed by atoms with Crippen LogP contribution in [-0.4, -0.2) is 26.5 Å². The van der Waals surface area contributed by atoms with Gasteiger partial charge in [0.15, 0.2) is 11.2 Å². The van der Waals surface area contributed by atoms with Gasteiger partial charge in [-0.2, -0.15) is 13.2 Å². The van der Waals surface area contributed by atoms with E-state index in [1.165, 1.54) is 29.1 Å². The van der Waals surface area contributed by atoms with Gasteiger partial charge in [0.1, 0.15) is 5.82 Å². The molecule has 1 amide bonds. The number of benzene rings is 2. The number of nitrogens with two attached hydrogens (primary N) is 1. The lowest BCUT2D eigenvalue weighted by molar-refractivity contribution is -0.138. The van der Waals surface area contributed by atoms with Gasteiger partial charge in [0.25, 0.3) is 0 Å². The third-order valence-corrected chi connectivity index (χ3v) is 6.60. The van der Waals surface area contributed by atoms with Crippen molar-refractivity contribution in [3.63, 3.8) is 0 Å². The third-order valence-electron chi connectivity index (χ3n) is 6.60. The second-order valence-corrected chi connectivity index (χ2v) is 10.2. The maximum Gasteiger partial charge on any atom is 0.416 e. The number of carbonyl (C=O) groups is 2. The second kappa shape index (κ2) is 9.27. The van der Waals surface area contributed by atoms with Gasteiger partial charge in [-0.25, -0.2) is 14.2 Å². The second-order valence-electron chi connectivity index (χ2n) is 10.2. The molecule has 10 heteroatoms. The molecule has 1 atom stereocenters. The van der Waals surface area contributed by atoms with Crippen molar-refractivity contribution in [3.8, 4) is 0 Å². The molecular formula is C28H25F4N3O3. The summed E-state index contributed by atoms with van der Waals surface area (Å²) in [6.07, 6.45) is -2.59. The largest absolute Gasteiger partial charge is 0.476 e. The summed E-state index contributed by atoms with van der Waals surface area (Å²) in [6, 6.07) is 11.9. The molecule has 3 N–H and O–H groups in total. The van der Waals surface area contributed by atoms with Gasteiger partial charge >= 0.3 is 12.1 Å². The zero-order valence-corrected chi connectivity index (χ0v) is 20.8. The molecule has 0 saturated carbocycles.